The lowest BCUT2D eigenvalue weighted by Crippen LogP contribution is -2.60. The Bertz CT molecular complexity index is 467. The Morgan fingerprint density at radius 1 is 1.25 bits per heavy atom. The van der Waals surface area contributed by atoms with Crippen LogP contribution in [0.2, 0.25) is 0 Å². The van der Waals surface area contributed by atoms with E-state index in [1.54, 1.807) is 0 Å². The van der Waals surface area contributed by atoms with E-state index >= 15 is 0 Å². The molecular formula is C16H28N2O6. The predicted molar refractivity (Wildman–Crippen MR) is 86.8 cm³/mol. The number of rotatable bonds is 8. The van der Waals surface area contributed by atoms with Gasteiger partial charge >= 0.3 is 18.0 Å². The largest absolute Gasteiger partial charge is 0.479 e. The lowest BCUT2D eigenvalue weighted by molar-refractivity contribution is -0.153. The van der Waals surface area contributed by atoms with E-state index in [2.05, 4.69) is 5.32 Å². The Labute approximate surface area is 142 Å². The minimum atomic E-state index is -1.43. The Hall–Kier alpha value is -1.83. The summed E-state index contributed by atoms with van der Waals surface area (Å²) < 4.78 is 4.77. The fourth-order valence-electron chi connectivity index (χ4n) is 3.23. The average molecular weight is 344 g/mol. The van der Waals surface area contributed by atoms with E-state index in [0.717, 1.165) is 4.90 Å². The summed E-state index contributed by atoms with van der Waals surface area (Å²) in [6.07, 6.45) is 1.07. The van der Waals surface area contributed by atoms with Gasteiger partial charge in [0, 0.05) is 6.54 Å². The normalized spacial score (nSPS) is 22.2. The number of hydrogen-bond donors (Lipinski definition) is 3. The molecule has 1 rings (SSSR count). The van der Waals surface area contributed by atoms with Crippen LogP contribution >= 0.6 is 0 Å². The Balaban J connectivity index is 2.80. The smallest absolute Gasteiger partial charge is 0.408 e. The number of amides is 1. The van der Waals surface area contributed by atoms with Crippen LogP contribution in [0.4, 0.5) is 4.79 Å². The summed E-state index contributed by atoms with van der Waals surface area (Å²) in [4.78, 5) is 36.1. The molecule has 0 radical (unpaired) electrons. The van der Waals surface area contributed by atoms with Crippen LogP contribution in [-0.2, 0) is 14.3 Å². The number of methoxy groups -OCH3 is 1. The summed E-state index contributed by atoms with van der Waals surface area (Å²) in [5.74, 6) is -1.27. The SMILES string of the molecule is COC(=O)C(CC(C)C)NCC[C@@]1(C(=O)O)CCCCN1C(=O)O. The van der Waals surface area contributed by atoms with Crippen molar-refractivity contribution in [3.63, 3.8) is 0 Å². The number of carboxylic acids is 1. The molecule has 0 aliphatic carbocycles. The van der Waals surface area contributed by atoms with Gasteiger partial charge in [-0.2, -0.15) is 0 Å². The van der Waals surface area contributed by atoms with Gasteiger partial charge in [-0.1, -0.05) is 13.8 Å². The first-order valence-electron chi connectivity index (χ1n) is 8.29. The second-order valence-corrected chi connectivity index (χ2v) is 6.64. The molecule has 3 N–H and O–H groups in total. The molecule has 24 heavy (non-hydrogen) atoms. The molecule has 2 atom stereocenters. The third kappa shape index (κ3) is 4.83. The van der Waals surface area contributed by atoms with Gasteiger partial charge in [-0.05, 0) is 44.6 Å². The monoisotopic (exact) mass is 344 g/mol. The molecule has 0 aromatic heterocycles. The van der Waals surface area contributed by atoms with Crippen molar-refractivity contribution < 1.29 is 29.3 Å². The van der Waals surface area contributed by atoms with E-state index in [1.165, 1.54) is 7.11 Å². The maximum atomic E-state index is 11.8. The zero-order valence-corrected chi connectivity index (χ0v) is 14.6. The van der Waals surface area contributed by atoms with Crippen LogP contribution in [0.25, 0.3) is 0 Å². The van der Waals surface area contributed by atoms with Crippen LogP contribution < -0.4 is 5.32 Å². The van der Waals surface area contributed by atoms with E-state index in [0.29, 0.717) is 19.3 Å². The molecule has 1 aliphatic rings. The fraction of sp³-hybridized carbons (Fsp3) is 0.812. The summed E-state index contributed by atoms with van der Waals surface area (Å²) in [6.45, 7) is 4.39. The van der Waals surface area contributed by atoms with Crippen molar-refractivity contribution in [3.8, 4) is 0 Å². The van der Waals surface area contributed by atoms with Crippen molar-refractivity contribution in [3.05, 3.63) is 0 Å². The number of likely N-dealkylation sites (tertiary alicyclic amines) is 1. The van der Waals surface area contributed by atoms with Gasteiger partial charge in [-0.25, -0.2) is 9.59 Å². The van der Waals surface area contributed by atoms with Gasteiger partial charge in [-0.3, -0.25) is 9.69 Å². The third-order valence-corrected chi connectivity index (χ3v) is 4.49. The average Bonchev–Trinajstić information content (AvgIpc) is 2.52. The van der Waals surface area contributed by atoms with Gasteiger partial charge in [-0.15, -0.1) is 0 Å². The number of carbonyl (C=O) groups is 3. The number of ether oxygens (including phenoxy) is 1. The number of carbonyl (C=O) groups excluding carboxylic acids is 1. The minimum absolute atomic E-state index is 0.111. The first kappa shape index (κ1) is 20.2. The summed E-state index contributed by atoms with van der Waals surface area (Å²) in [5.41, 5.74) is -1.43. The molecular weight excluding hydrogens is 316 g/mol. The Kier molecular flexibility index (Phi) is 7.47. The first-order valence-corrected chi connectivity index (χ1v) is 8.29. The summed E-state index contributed by atoms with van der Waals surface area (Å²) in [5, 5.41) is 22.0. The van der Waals surface area contributed by atoms with Crippen LogP contribution in [-0.4, -0.2) is 64.9 Å². The van der Waals surface area contributed by atoms with Crippen LogP contribution in [0.1, 0.15) is 46.0 Å². The van der Waals surface area contributed by atoms with E-state index in [-0.39, 0.29) is 31.8 Å². The molecule has 138 valence electrons. The lowest BCUT2D eigenvalue weighted by atomic mass is 9.83. The topological polar surface area (TPSA) is 116 Å². The lowest BCUT2D eigenvalue weighted by Gasteiger charge is -2.42. The van der Waals surface area contributed by atoms with Crippen molar-refractivity contribution >= 4 is 18.0 Å². The fourth-order valence-corrected chi connectivity index (χ4v) is 3.23. The number of nitrogens with one attached hydrogen (secondary N) is 1. The number of aliphatic carboxylic acids is 1. The van der Waals surface area contributed by atoms with Crippen molar-refractivity contribution in [2.75, 3.05) is 20.2 Å². The van der Waals surface area contributed by atoms with Crippen molar-refractivity contribution in [2.24, 2.45) is 5.92 Å². The van der Waals surface area contributed by atoms with Crippen LogP contribution in [0.3, 0.4) is 0 Å². The van der Waals surface area contributed by atoms with Crippen LogP contribution in [0, 0.1) is 5.92 Å². The summed E-state index contributed by atoms with van der Waals surface area (Å²) in [7, 11) is 1.31. The zero-order valence-electron chi connectivity index (χ0n) is 14.6. The van der Waals surface area contributed by atoms with Gasteiger partial charge in [0.1, 0.15) is 11.6 Å². The van der Waals surface area contributed by atoms with Crippen molar-refractivity contribution in [1.82, 2.24) is 10.2 Å². The van der Waals surface area contributed by atoms with Gasteiger partial charge in [0.25, 0.3) is 0 Å². The molecule has 1 aliphatic heterocycles. The Morgan fingerprint density at radius 3 is 2.42 bits per heavy atom. The maximum absolute atomic E-state index is 11.8. The second kappa shape index (κ2) is 8.86. The highest BCUT2D eigenvalue weighted by atomic mass is 16.5. The van der Waals surface area contributed by atoms with E-state index in [1.807, 2.05) is 13.8 Å². The van der Waals surface area contributed by atoms with Crippen molar-refractivity contribution in [2.45, 2.75) is 57.5 Å². The number of hydrogen-bond acceptors (Lipinski definition) is 5. The van der Waals surface area contributed by atoms with Gasteiger partial charge in [0.15, 0.2) is 0 Å². The highest BCUT2D eigenvalue weighted by Crippen LogP contribution is 2.31. The highest BCUT2D eigenvalue weighted by molar-refractivity contribution is 5.84. The van der Waals surface area contributed by atoms with Crippen molar-refractivity contribution in [1.29, 1.82) is 0 Å². The molecule has 8 nitrogen and oxygen atoms in total. The number of piperidine rings is 1. The molecule has 1 unspecified atom stereocenters. The summed E-state index contributed by atoms with van der Waals surface area (Å²) in [6, 6.07) is -0.525. The number of esters is 1. The molecule has 0 spiro atoms. The first-order chi connectivity index (χ1) is 11.2. The molecule has 0 aromatic carbocycles. The zero-order chi connectivity index (χ0) is 18.3. The Morgan fingerprint density at radius 2 is 1.92 bits per heavy atom. The van der Waals surface area contributed by atoms with Gasteiger partial charge in [0.2, 0.25) is 0 Å². The molecule has 0 aromatic rings. The number of nitrogens with zero attached hydrogens (tertiary/aromatic N) is 1. The van der Waals surface area contributed by atoms with Gasteiger partial charge < -0.3 is 20.3 Å². The van der Waals surface area contributed by atoms with Gasteiger partial charge in [0.05, 0.1) is 7.11 Å². The molecule has 1 heterocycles. The molecule has 8 heteroatoms. The number of carboxylic acid groups (broad SMARTS) is 2. The molecule has 1 saturated heterocycles. The standard InChI is InChI=1S/C16H28N2O6/c1-11(2)10-12(13(19)24-3)17-8-7-16(14(20)21)6-4-5-9-18(16)15(22)23/h11-12,17H,4-10H2,1-3H3,(H,20,21)(H,22,23)/t12?,16-/m1/s1. The molecule has 1 amide bonds. The molecule has 1 fully saturated rings. The van der Waals surface area contributed by atoms with E-state index in [4.69, 9.17) is 4.74 Å². The van der Waals surface area contributed by atoms with E-state index in [9.17, 15) is 24.6 Å². The second-order valence-electron chi connectivity index (χ2n) is 6.64. The minimum Gasteiger partial charge on any atom is -0.479 e. The summed E-state index contributed by atoms with van der Waals surface area (Å²) >= 11 is 0. The molecule has 0 bridgehead atoms. The molecule has 0 saturated carbocycles. The predicted octanol–water partition coefficient (Wildman–Crippen LogP) is 1.54. The third-order valence-electron chi connectivity index (χ3n) is 4.49. The van der Waals surface area contributed by atoms with Crippen LogP contribution in [0.15, 0.2) is 0 Å². The van der Waals surface area contributed by atoms with Crippen LogP contribution in [0.5, 0.6) is 0 Å². The van der Waals surface area contributed by atoms with E-state index < -0.39 is 29.6 Å². The quantitative estimate of drug-likeness (QED) is 0.572. The highest BCUT2D eigenvalue weighted by Gasteiger charge is 2.48. The maximum Gasteiger partial charge on any atom is 0.408 e.